The summed E-state index contributed by atoms with van der Waals surface area (Å²) in [5, 5.41) is 14.6. The van der Waals surface area contributed by atoms with Crippen molar-refractivity contribution in [2.75, 3.05) is 6.61 Å². The number of hydrogen-bond acceptors (Lipinski definition) is 4. The van der Waals surface area contributed by atoms with Gasteiger partial charge in [-0.3, -0.25) is 9.59 Å². The number of carbonyl (C=O) groups excluding carboxylic acids is 2. The Morgan fingerprint density at radius 2 is 1.47 bits per heavy atom. The van der Waals surface area contributed by atoms with E-state index in [-0.39, 0.29) is 31.3 Å². The van der Waals surface area contributed by atoms with E-state index in [1.165, 1.54) is 0 Å². The molecule has 1 atom stereocenters. The SMILES string of the molecule is CCCC(C)(NC(=O)OCC1c2ccccc2-c2ccccc21)C(=O)NC(C)(C)CCC(=O)O. The van der Waals surface area contributed by atoms with Gasteiger partial charge in [0.2, 0.25) is 5.91 Å². The minimum absolute atomic E-state index is 0.0580. The van der Waals surface area contributed by atoms with Crippen molar-refractivity contribution in [2.24, 2.45) is 0 Å². The highest BCUT2D eigenvalue weighted by molar-refractivity contribution is 5.90. The summed E-state index contributed by atoms with van der Waals surface area (Å²) in [5.74, 6) is -1.35. The second-order valence-corrected chi connectivity index (χ2v) is 9.76. The number of carboxylic acid groups (broad SMARTS) is 1. The second-order valence-electron chi connectivity index (χ2n) is 9.76. The van der Waals surface area contributed by atoms with E-state index in [0.717, 1.165) is 22.3 Å². The van der Waals surface area contributed by atoms with Gasteiger partial charge in [-0.25, -0.2) is 4.79 Å². The van der Waals surface area contributed by atoms with Crippen LogP contribution in [-0.2, 0) is 14.3 Å². The van der Waals surface area contributed by atoms with Crippen molar-refractivity contribution in [1.82, 2.24) is 10.6 Å². The van der Waals surface area contributed by atoms with Crippen molar-refractivity contribution >= 4 is 18.0 Å². The largest absolute Gasteiger partial charge is 0.481 e. The minimum Gasteiger partial charge on any atom is -0.481 e. The van der Waals surface area contributed by atoms with Gasteiger partial charge in [0.05, 0.1) is 0 Å². The maximum Gasteiger partial charge on any atom is 0.408 e. The van der Waals surface area contributed by atoms with E-state index in [0.29, 0.717) is 12.8 Å². The summed E-state index contributed by atoms with van der Waals surface area (Å²) >= 11 is 0. The highest BCUT2D eigenvalue weighted by atomic mass is 16.5. The number of aliphatic carboxylic acids is 1. The third-order valence-electron chi connectivity index (χ3n) is 6.39. The van der Waals surface area contributed by atoms with Crippen LogP contribution in [-0.4, -0.2) is 40.8 Å². The Morgan fingerprint density at radius 1 is 0.912 bits per heavy atom. The molecule has 0 heterocycles. The summed E-state index contributed by atoms with van der Waals surface area (Å²) in [4.78, 5) is 36.8. The number of alkyl carbamates (subject to hydrolysis) is 1. The van der Waals surface area contributed by atoms with Gasteiger partial charge in [0.1, 0.15) is 12.1 Å². The standard InChI is InChI=1S/C27H34N2O5/c1-5-15-27(4,24(32)28-26(2,3)16-14-23(30)31)29-25(33)34-17-22-20-12-8-6-10-18(20)19-11-7-9-13-21(19)22/h6-13,22H,5,14-17H2,1-4H3,(H,28,32)(H,29,33)(H,30,31). The third-order valence-corrected chi connectivity index (χ3v) is 6.39. The number of amides is 2. The predicted octanol–water partition coefficient (Wildman–Crippen LogP) is 4.84. The van der Waals surface area contributed by atoms with Crippen LogP contribution in [0.5, 0.6) is 0 Å². The Balaban J connectivity index is 1.67. The van der Waals surface area contributed by atoms with Crippen molar-refractivity contribution in [1.29, 1.82) is 0 Å². The van der Waals surface area contributed by atoms with Gasteiger partial charge in [-0.1, -0.05) is 61.9 Å². The third kappa shape index (κ3) is 5.76. The first-order valence-electron chi connectivity index (χ1n) is 11.7. The van der Waals surface area contributed by atoms with Crippen LogP contribution in [0.15, 0.2) is 48.5 Å². The molecule has 3 rings (SSSR count). The second kappa shape index (κ2) is 10.3. The normalized spacial score (nSPS) is 14.5. The zero-order valence-electron chi connectivity index (χ0n) is 20.3. The Labute approximate surface area is 200 Å². The van der Waals surface area contributed by atoms with Gasteiger partial charge < -0.3 is 20.5 Å². The van der Waals surface area contributed by atoms with Crippen molar-refractivity contribution in [3.8, 4) is 11.1 Å². The van der Waals surface area contributed by atoms with Crippen LogP contribution >= 0.6 is 0 Å². The Hall–Kier alpha value is -3.35. The minimum atomic E-state index is -1.18. The van der Waals surface area contributed by atoms with Gasteiger partial charge in [0, 0.05) is 17.9 Å². The number of carboxylic acids is 1. The van der Waals surface area contributed by atoms with Crippen LogP contribution in [0.2, 0.25) is 0 Å². The molecule has 1 aliphatic rings. The van der Waals surface area contributed by atoms with Crippen molar-refractivity contribution in [3.63, 3.8) is 0 Å². The molecule has 0 bridgehead atoms. The average molecular weight is 467 g/mol. The lowest BCUT2D eigenvalue weighted by Gasteiger charge is -2.34. The van der Waals surface area contributed by atoms with Crippen LogP contribution in [0.3, 0.4) is 0 Å². The lowest BCUT2D eigenvalue weighted by Crippen LogP contribution is -2.60. The monoisotopic (exact) mass is 466 g/mol. The van der Waals surface area contributed by atoms with Crippen molar-refractivity contribution in [3.05, 3.63) is 59.7 Å². The summed E-state index contributed by atoms with van der Waals surface area (Å²) in [6, 6.07) is 16.2. The van der Waals surface area contributed by atoms with E-state index in [1.807, 2.05) is 31.2 Å². The van der Waals surface area contributed by atoms with Crippen molar-refractivity contribution in [2.45, 2.75) is 70.4 Å². The molecule has 34 heavy (non-hydrogen) atoms. The first-order chi connectivity index (χ1) is 16.1. The number of ether oxygens (including phenoxy) is 1. The van der Waals surface area contributed by atoms with E-state index in [9.17, 15) is 14.4 Å². The van der Waals surface area contributed by atoms with Crippen LogP contribution in [0.4, 0.5) is 4.79 Å². The topological polar surface area (TPSA) is 105 Å². The molecule has 7 heteroatoms. The lowest BCUT2D eigenvalue weighted by atomic mass is 9.91. The van der Waals surface area contributed by atoms with E-state index < -0.39 is 23.1 Å². The van der Waals surface area contributed by atoms with E-state index in [1.54, 1.807) is 20.8 Å². The summed E-state index contributed by atoms with van der Waals surface area (Å²) in [7, 11) is 0. The Morgan fingerprint density at radius 3 is 2.00 bits per heavy atom. The van der Waals surface area contributed by atoms with Crippen LogP contribution in [0.25, 0.3) is 11.1 Å². The number of carbonyl (C=O) groups is 3. The molecule has 1 unspecified atom stereocenters. The van der Waals surface area contributed by atoms with Crippen LogP contribution in [0.1, 0.15) is 70.4 Å². The maximum absolute atomic E-state index is 13.1. The fraction of sp³-hybridized carbons (Fsp3) is 0.444. The molecule has 2 amide bonds. The molecule has 0 fully saturated rings. The number of fused-ring (bicyclic) bond motifs is 3. The van der Waals surface area contributed by atoms with Gasteiger partial charge >= 0.3 is 12.1 Å². The summed E-state index contributed by atoms with van der Waals surface area (Å²) in [6.45, 7) is 7.30. The highest BCUT2D eigenvalue weighted by Crippen LogP contribution is 2.44. The number of rotatable bonds is 10. The number of nitrogens with one attached hydrogen (secondary N) is 2. The lowest BCUT2D eigenvalue weighted by molar-refractivity contribution is -0.138. The molecule has 2 aromatic carbocycles. The zero-order chi connectivity index (χ0) is 24.9. The predicted molar refractivity (Wildman–Crippen MR) is 131 cm³/mol. The first kappa shape index (κ1) is 25.3. The number of benzene rings is 2. The van der Waals surface area contributed by atoms with Gasteiger partial charge in [-0.2, -0.15) is 0 Å². The van der Waals surface area contributed by atoms with Gasteiger partial charge in [0.15, 0.2) is 0 Å². The maximum atomic E-state index is 13.1. The summed E-state index contributed by atoms with van der Waals surface area (Å²) in [5.41, 5.74) is 2.61. The molecular formula is C27H34N2O5. The van der Waals surface area contributed by atoms with Crippen molar-refractivity contribution < 1.29 is 24.2 Å². The van der Waals surface area contributed by atoms with E-state index in [2.05, 4.69) is 34.9 Å². The molecule has 1 aliphatic carbocycles. The molecule has 0 aromatic heterocycles. The molecule has 0 aliphatic heterocycles. The van der Waals surface area contributed by atoms with Gasteiger partial charge in [-0.15, -0.1) is 0 Å². The average Bonchev–Trinajstić information content (AvgIpc) is 3.10. The molecular weight excluding hydrogens is 432 g/mol. The highest BCUT2D eigenvalue weighted by Gasteiger charge is 2.38. The molecule has 0 radical (unpaired) electrons. The molecule has 2 aromatic rings. The molecule has 0 saturated heterocycles. The first-order valence-corrected chi connectivity index (χ1v) is 11.7. The Kier molecular flexibility index (Phi) is 7.64. The fourth-order valence-corrected chi connectivity index (χ4v) is 4.52. The summed E-state index contributed by atoms with van der Waals surface area (Å²) in [6.07, 6.45) is 0.649. The van der Waals surface area contributed by atoms with E-state index in [4.69, 9.17) is 9.84 Å². The van der Waals surface area contributed by atoms with Gasteiger partial charge in [0.25, 0.3) is 0 Å². The number of hydrogen-bond donors (Lipinski definition) is 3. The molecule has 0 saturated carbocycles. The zero-order valence-corrected chi connectivity index (χ0v) is 20.3. The molecule has 182 valence electrons. The van der Waals surface area contributed by atoms with Gasteiger partial charge in [-0.05, 0) is 55.9 Å². The summed E-state index contributed by atoms with van der Waals surface area (Å²) < 4.78 is 5.63. The Bertz CT molecular complexity index is 1020. The molecule has 0 spiro atoms. The van der Waals surface area contributed by atoms with Crippen LogP contribution < -0.4 is 10.6 Å². The van der Waals surface area contributed by atoms with Crippen LogP contribution in [0, 0.1) is 0 Å². The van der Waals surface area contributed by atoms with E-state index >= 15 is 0 Å². The molecule has 3 N–H and O–H groups in total. The smallest absolute Gasteiger partial charge is 0.408 e. The fourth-order valence-electron chi connectivity index (χ4n) is 4.52. The molecule has 7 nitrogen and oxygen atoms in total. The quantitative estimate of drug-likeness (QED) is 0.465.